The first kappa shape index (κ1) is 18.8. The lowest BCUT2D eigenvalue weighted by Crippen LogP contribution is -2.48. The number of benzene rings is 3. The maximum Gasteiger partial charge on any atom is 0.276 e. The van der Waals surface area contributed by atoms with Crippen molar-refractivity contribution in [1.29, 1.82) is 0 Å². The lowest BCUT2D eigenvalue weighted by Gasteiger charge is -2.13. The van der Waals surface area contributed by atoms with Crippen molar-refractivity contribution in [3.63, 3.8) is 0 Å². The minimum Gasteiger partial charge on any atom is -0.483 e. The fraction of sp³-hybridized carbons (Fsp3) is 0.143. The Morgan fingerprint density at radius 1 is 1.00 bits per heavy atom. The summed E-state index contributed by atoms with van der Waals surface area (Å²) in [7, 11) is 0. The van der Waals surface area contributed by atoms with Crippen molar-refractivity contribution in [3.05, 3.63) is 66.2 Å². The quantitative estimate of drug-likeness (QED) is 0.442. The standard InChI is InChI=1S/C21H19N3O4S/c25-20(12-26-17-7-3-5-15-4-1-2-6-16(15)17)23-24-21(29)22-11-14-8-9-18-19(10-14)28-13-27-18/h1-10H,11-13H2,(H,23,25)(H2,22,24,29). The lowest BCUT2D eigenvalue weighted by molar-refractivity contribution is -0.123. The van der Waals surface area contributed by atoms with Gasteiger partial charge in [-0.3, -0.25) is 15.6 Å². The van der Waals surface area contributed by atoms with Crippen molar-refractivity contribution in [3.8, 4) is 17.2 Å². The van der Waals surface area contributed by atoms with Crippen LogP contribution in [0.5, 0.6) is 17.2 Å². The highest BCUT2D eigenvalue weighted by Gasteiger charge is 2.13. The predicted molar refractivity (Wildman–Crippen MR) is 113 cm³/mol. The van der Waals surface area contributed by atoms with Gasteiger partial charge >= 0.3 is 0 Å². The van der Waals surface area contributed by atoms with E-state index in [1.54, 1.807) is 0 Å². The molecule has 7 nitrogen and oxygen atoms in total. The highest BCUT2D eigenvalue weighted by molar-refractivity contribution is 7.80. The molecule has 0 spiro atoms. The Balaban J connectivity index is 1.21. The van der Waals surface area contributed by atoms with Crippen LogP contribution in [-0.4, -0.2) is 24.4 Å². The van der Waals surface area contributed by atoms with Gasteiger partial charge in [0.1, 0.15) is 5.75 Å². The molecule has 0 aliphatic carbocycles. The maximum absolute atomic E-state index is 12.0. The average Bonchev–Trinajstić information content (AvgIpc) is 3.22. The van der Waals surface area contributed by atoms with E-state index in [1.165, 1.54) is 0 Å². The average molecular weight is 409 g/mol. The van der Waals surface area contributed by atoms with Crippen LogP contribution < -0.4 is 30.4 Å². The summed E-state index contributed by atoms with van der Waals surface area (Å²) in [4.78, 5) is 12.0. The van der Waals surface area contributed by atoms with Crippen LogP contribution in [0.15, 0.2) is 60.7 Å². The van der Waals surface area contributed by atoms with E-state index in [-0.39, 0.29) is 19.3 Å². The van der Waals surface area contributed by atoms with Crippen LogP contribution in [0.1, 0.15) is 5.56 Å². The van der Waals surface area contributed by atoms with Crippen LogP contribution in [0.3, 0.4) is 0 Å². The van der Waals surface area contributed by atoms with E-state index in [1.807, 2.05) is 60.7 Å². The van der Waals surface area contributed by atoms with Crippen molar-refractivity contribution in [1.82, 2.24) is 16.2 Å². The Morgan fingerprint density at radius 3 is 2.76 bits per heavy atom. The minimum atomic E-state index is -0.342. The molecule has 3 aromatic carbocycles. The van der Waals surface area contributed by atoms with Gasteiger partial charge in [0.15, 0.2) is 23.2 Å². The molecular formula is C21H19N3O4S. The van der Waals surface area contributed by atoms with Crippen LogP contribution in [0.2, 0.25) is 0 Å². The van der Waals surface area contributed by atoms with Gasteiger partial charge in [-0.25, -0.2) is 0 Å². The zero-order valence-corrected chi connectivity index (χ0v) is 16.3. The van der Waals surface area contributed by atoms with Crippen LogP contribution >= 0.6 is 12.2 Å². The number of carbonyl (C=O) groups is 1. The van der Waals surface area contributed by atoms with Crippen molar-refractivity contribution in [2.75, 3.05) is 13.4 Å². The Kier molecular flexibility index (Phi) is 5.62. The topological polar surface area (TPSA) is 80.9 Å². The van der Waals surface area contributed by atoms with Gasteiger partial charge in [-0.05, 0) is 41.4 Å². The molecule has 4 rings (SSSR count). The normalized spacial score (nSPS) is 11.7. The summed E-state index contributed by atoms with van der Waals surface area (Å²) in [5.41, 5.74) is 6.16. The third-order valence-corrected chi connectivity index (χ3v) is 4.56. The number of ether oxygens (including phenoxy) is 3. The largest absolute Gasteiger partial charge is 0.483 e. The summed E-state index contributed by atoms with van der Waals surface area (Å²) < 4.78 is 16.3. The summed E-state index contributed by atoms with van der Waals surface area (Å²) in [6.07, 6.45) is 0. The first-order valence-electron chi connectivity index (χ1n) is 9.01. The smallest absolute Gasteiger partial charge is 0.276 e. The second-order valence-electron chi connectivity index (χ2n) is 6.31. The van der Waals surface area contributed by atoms with Gasteiger partial charge in [0, 0.05) is 11.9 Å². The fourth-order valence-electron chi connectivity index (χ4n) is 2.90. The summed E-state index contributed by atoms with van der Waals surface area (Å²) in [5, 5.41) is 5.31. The van der Waals surface area contributed by atoms with Gasteiger partial charge in [0.2, 0.25) is 6.79 Å². The number of hydrogen-bond acceptors (Lipinski definition) is 5. The molecule has 3 aromatic rings. The van der Waals surface area contributed by atoms with E-state index in [2.05, 4.69) is 16.2 Å². The zero-order chi connectivity index (χ0) is 20.1. The lowest BCUT2D eigenvalue weighted by atomic mass is 10.1. The van der Waals surface area contributed by atoms with Crippen molar-refractivity contribution < 1.29 is 19.0 Å². The Bertz CT molecular complexity index is 1050. The molecule has 29 heavy (non-hydrogen) atoms. The molecular weight excluding hydrogens is 390 g/mol. The third kappa shape index (κ3) is 4.67. The molecule has 0 bridgehead atoms. The number of hydrazine groups is 1. The number of rotatable bonds is 5. The molecule has 148 valence electrons. The Labute approximate surface area is 172 Å². The first-order chi connectivity index (χ1) is 14.2. The third-order valence-electron chi connectivity index (χ3n) is 4.31. The SMILES string of the molecule is O=C(COc1cccc2ccccc12)NNC(=S)NCc1ccc2c(c1)OCO2. The molecule has 1 aliphatic rings. The van der Waals surface area contributed by atoms with E-state index in [0.29, 0.717) is 23.2 Å². The van der Waals surface area contributed by atoms with E-state index in [0.717, 1.165) is 22.1 Å². The van der Waals surface area contributed by atoms with Gasteiger partial charge < -0.3 is 19.5 Å². The summed E-state index contributed by atoms with van der Waals surface area (Å²) in [5.74, 6) is 1.75. The Hall–Kier alpha value is -3.52. The highest BCUT2D eigenvalue weighted by Crippen LogP contribution is 2.32. The Morgan fingerprint density at radius 2 is 1.83 bits per heavy atom. The zero-order valence-electron chi connectivity index (χ0n) is 15.4. The molecule has 0 unspecified atom stereocenters. The van der Waals surface area contributed by atoms with E-state index < -0.39 is 0 Å². The summed E-state index contributed by atoms with van der Waals surface area (Å²) >= 11 is 5.18. The van der Waals surface area contributed by atoms with Gasteiger partial charge in [-0.15, -0.1) is 0 Å². The fourth-order valence-corrected chi connectivity index (χ4v) is 3.03. The molecule has 1 heterocycles. The van der Waals surface area contributed by atoms with Crippen molar-refractivity contribution in [2.24, 2.45) is 0 Å². The van der Waals surface area contributed by atoms with E-state index in [9.17, 15) is 4.79 Å². The number of amides is 1. The number of fused-ring (bicyclic) bond motifs is 2. The van der Waals surface area contributed by atoms with Crippen LogP contribution in [0.25, 0.3) is 10.8 Å². The van der Waals surface area contributed by atoms with Gasteiger partial charge in [0.05, 0.1) is 0 Å². The minimum absolute atomic E-state index is 0.133. The first-order valence-corrected chi connectivity index (χ1v) is 9.41. The van der Waals surface area contributed by atoms with Crippen molar-refractivity contribution in [2.45, 2.75) is 6.54 Å². The van der Waals surface area contributed by atoms with Gasteiger partial charge in [0.25, 0.3) is 5.91 Å². The second kappa shape index (κ2) is 8.66. The molecule has 8 heteroatoms. The predicted octanol–water partition coefficient (Wildman–Crippen LogP) is 2.64. The number of nitrogens with one attached hydrogen (secondary N) is 3. The van der Waals surface area contributed by atoms with Crippen LogP contribution in [0, 0.1) is 0 Å². The number of carbonyl (C=O) groups excluding carboxylic acids is 1. The van der Waals surface area contributed by atoms with Gasteiger partial charge in [-0.1, -0.05) is 42.5 Å². The van der Waals surface area contributed by atoms with E-state index in [4.69, 9.17) is 26.4 Å². The number of thiocarbonyl (C=S) groups is 1. The molecule has 0 radical (unpaired) electrons. The molecule has 0 saturated carbocycles. The number of hydrogen-bond donors (Lipinski definition) is 3. The molecule has 1 amide bonds. The van der Waals surface area contributed by atoms with Crippen LogP contribution in [-0.2, 0) is 11.3 Å². The molecule has 0 fully saturated rings. The second-order valence-corrected chi connectivity index (χ2v) is 6.72. The van der Waals surface area contributed by atoms with E-state index >= 15 is 0 Å². The molecule has 3 N–H and O–H groups in total. The highest BCUT2D eigenvalue weighted by atomic mass is 32.1. The molecule has 0 aromatic heterocycles. The molecule has 0 atom stereocenters. The van der Waals surface area contributed by atoms with Gasteiger partial charge in [-0.2, -0.15) is 0 Å². The monoisotopic (exact) mass is 409 g/mol. The molecule has 0 saturated heterocycles. The summed E-state index contributed by atoms with van der Waals surface area (Å²) in [6, 6.07) is 19.2. The summed E-state index contributed by atoms with van der Waals surface area (Å²) in [6.45, 7) is 0.579. The maximum atomic E-state index is 12.0. The van der Waals surface area contributed by atoms with Crippen molar-refractivity contribution >= 4 is 34.0 Å². The molecule has 1 aliphatic heterocycles. The van der Waals surface area contributed by atoms with Crippen LogP contribution in [0.4, 0.5) is 0 Å².